The van der Waals surface area contributed by atoms with Crippen molar-refractivity contribution >= 4 is 10.8 Å². The number of unbranched alkanes of at least 4 members (excludes halogenated alkanes) is 3. The third kappa shape index (κ3) is 4.80. The van der Waals surface area contributed by atoms with Gasteiger partial charge in [0.25, 0.3) is 0 Å². The van der Waals surface area contributed by atoms with Crippen molar-refractivity contribution in [2.75, 3.05) is 7.11 Å². The minimum absolute atomic E-state index is 0.146. The van der Waals surface area contributed by atoms with Gasteiger partial charge in [-0.05, 0) is 52.6 Å². The van der Waals surface area contributed by atoms with Crippen LogP contribution in [0.15, 0.2) is 78.9 Å². The Hall–Kier alpha value is -3.13. The molecular weight excluding hydrogens is 383 g/mol. The molecule has 0 heterocycles. The number of hydrogen-bond donors (Lipinski definition) is 0. The van der Waals surface area contributed by atoms with E-state index in [0.717, 1.165) is 34.2 Å². The topological polar surface area (TPSA) is 9.23 Å². The first-order chi connectivity index (χ1) is 15.2. The Kier molecular flexibility index (Phi) is 6.66. The van der Waals surface area contributed by atoms with Gasteiger partial charge in [-0.3, -0.25) is 0 Å². The first-order valence-corrected chi connectivity index (χ1v) is 11.2. The number of methoxy groups -OCH3 is 1. The smallest absolute Gasteiger partial charge is 0.138 e. The summed E-state index contributed by atoms with van der Waals surface area (Å²) in [4.78, 5) is 0. The standard InChI is InChI=1S/C29H29FO/c1-3-4-5-6-7-21-8-18-28-25(20-21)15-19-27(29(28)30)24-11-9-22(10-12-24)23-13-16-26(31-2)17-14-23/h8-20H,3-7H2,1-2H3. The third-order valence-electron chi connectivity index (χ3n) is 5.96. The van der Waals surface area contributed by atoms with Crippen LogP contribution in [0, 0.1) is 5.82 Å². The summed E-state index contributed by atoms with van der Waals surface area (Å²) in [6.45, 7) is 2.23. The van der Waals surface area contributed by atoms with Crippen LogP contribution in [0.25, 0.3) is 33.0 Å². The van der Waals surface area contributed by atoms with Gasteiger partial charge in [0.2, 0.25) is 0 Å². The van der Waals surface area contributed by atoms with Crippen molar-refractivity contribution in [3.8, 4) is 28.0 Å². The van der Waals surface area contributed by atoms with Crippen LogP contribution < -0.4 is 4.74 Å². The van der Waals surface area contributed by atoms with Gasteiger partial charge in [-0.25, -0.2) is 4.39 Å². The van der Waals surface area contributed by atoms with Gasteiger partial charge < -0.3 is 4.74 Å². The lowest BCUT2D eigenvalue weighted by Crippen LogP contribution is -1.90. The van der Waals surface area contributed by atoms with E-state index in [1.54, 1.807) is 7.11 Å². The molecule has 0 aliphatic rings. The van der Waals surface area contributed by atoms with Crippen molar-refractivity contribution in [1.82, 2.24) is 0 Å². The summed E-state index contributed by atoms with van der Waals surface area (Å²) < 4.78 is 20.6. The Balaban J connectivity index is 1.56. The van der Waals surface area contributed by atoms with E-state index in [1.165, 1.54) is 31.2 Å². The largest absolute Gasteiger partial charge is 0.497 e. The molecule has 0 aromatic heterocycles. The van der Waals surface area contributed by atoms with Crippen LogP contribution in [0.5, 0.6) is 5.75 Å². The highest BCUT2D eigenvalue weighted by molar-refractivity contribution is 5.89. The summed E-state index contributed by atoms with van der Waals surface area (Å²) >= 11 is 0. The fourth-order valence-electron chi connectivity index (χ4n) is 4.10. The molecule has 4 aromatic rings. The second-order valence-corrected chi connectivity index (χ2v) is 8.10. The Morgan fingerprint density at radius 3 is 2.06 bits per heavy atom. The number of aryl methyl sites for hydroxylation is 1. The van der Waals surface area contributed by atoms with Crippen LogP contribution in [0.1, 0.15) is 38.2 Å². The maximum absolute atomic E-state index is 15.3. The number of fused-ring (bicyclic) bond motifs is 1. The number of hydrogen-bond acceptors (Lipinski definition) is 1. The molecule has 0 aliphatic heterocycles. The molecule has 4 rings (SSSR count). The normalized spacial score (nSPS) is 11.1. The molecule has 2 heteroatoms. The van der Waals surface area contributed by atoms with Crippen molar-refractivity contribution in [1.29, 1.82) is 0 Å². The van der Waals surface area contributed by atoms with Gasteiger partial charge in [0.05, 0.1) is 7.11 Å². The zero-order chi connectivity index (χ0) is 21.6. The molecule has 0 saturated heterocycles. The van der Waals surface area contributed by atoms with Crippen molar-refractivity contribution in [3.05, 3.63) is 90.2 Å². The molecule has 0 N–H and O–H groups in total. The molecule has 0 radical (unpaired) electrons. The average molecular weight is 413 g/mol. The van der Waals surface area contributed by atoms with E-state index in [2.05, 4.69) is 19.1 Å². The van der Waals surface area contributed by atoms with Crippen molar-refractivity contribution in [3.63, 3.8) is 0 Å². The molecular formula is C29H29FO. The van der Waals surface area contributed by atoms with Crippen molar-refractivity contribution in [2.24, 2.45) is 0 Å². The Morgan fingerprint density at radius 1 is 0.710 bits per heavy atom. The summed E-state index contributed by atoms with van der Waals surface area (Å²) in [6.07, 6.45) is 6.04. The molecule has 31 heavy (non-hydrogen) atoms. The van der Waals surface area contributed by atoms with E-state index < -0.39 is 0 Å². The second kappa shape index (κ2) is 9.78. The van der Waals surface area contributed by atoms with Gasteiger partial charge in [0.1, 0.15) is 11.6 Å². The Labute approximate surface area is 184 Å². The zero-order valence-electron chi connectivity index (χ0n) is 18.3. The van der Waals surface area contributed by atoms with Gasteiger partial charge in [-0.15, -0.1) is 0 Å². The predicted octanol–water partition coefficient (Wildman–Crippen LogP) is 8.44. The lowest BCUT2D eigenvalue weighted by atomic mass is 9.96. The maximum Gasteiger partial charge on any atom is 0.138 e. The second-order valence-electron chi connectivity index (χ2n) is 8.10. The van der Waals surface area contributed by atoms with Crippen molar-refractivity contribution in [2.45, 2.75) is 39.0 Å². The quantitative estimate of drug-likeness (QED) is 0.264. The zero-order valence-corrected chi connectivity index (χ0v) is 18.3. The first kappa shape index (κ1) is 21.1. The van der Waals surface area contributed by atoms with Crippen LogP contribution in [0.3, 0.4) is 0 Å². The Morgan fingerprint density at radius 2 is 1.39 bits per heavy atom. The number of benzene rings is 4. The monoisotopic (exact) mass is 412 g/mol. The molecule has 0 spiro atoms. The average Bonchev–Trinajstić information content (AvgIpc) is 2.82. The molecule has 1 nitrogen and oxygen atoms in total. The van der Waals surface area contributed by atoms with Gasteiger partial charge in [-0.1, -0.05) is 92.9 Å². The first-order valence-electron chi connectivity index (χ1n) is 11.2. The summed E-state index contributed by atoms with van der Waals surface area (Å²) in [5.74, 6) is 0.690. The third-order valence-corrected chi connectivity index (χ3v) is 5.96. The summed E-state index contributed by atoms with van der Waals surface area (Å²) in [5.41, 5.74) is 5.03. The summed E-state index contributed by atoms with van der Waals surface area (Å²) in [5, 5.41) is 1.66. The van der Waals surface area contributed by atoms with Crippen LogP contribution in [-0.4, -0.2) is 7.11 Å². The van der Waals surface area contributed by atoms with E-state index in [9.17, 15) is 0 Å². The number of ether oxygens (including phenoxy) is 1. The Bertz CT molecular complexity index is 1140. The molecule has 0 atom stereocenters. The van der Waals surface area contributed by atoms with Crippen LogP contribution >= 0.6 is 0 Å². The molecule has 0 saturated carbocycles. The van der Waals surface area contributed by atoms with Gasteiger partial charge >= 0.3 is 0 Å². The molecule has 0 bridgehead atoms. The van der Waals surface area contributed by atoms with E-state index in [0.29, 0.717) is 10.9 Å². The molecule has 158 valence electrons. The van der Waals surface area contributed by atoms with Gasteiger partial charge in [-0.2, -0.15) is 0 Å². The highest BCUT2D eigenvalue weighted by Crippen LogP contribution is 2.31. The maximum atomic E-state index is 15.3. The van der Waals surface area contributed by atoms with E-state index >= 15 is 4.39 Å². The fraction of sp³-hybridized carbons (Fsp3) is 0.241. The van der Waals surface area contributed by atoms with Crippen LogP contribution in [0.2, 0.25) is 0 Å². The number of rotatable bonds is 8. The fourth-order valence-corrected chi connectivity index (χ4v) is 4.10. The lowest BCUT2D eigenvalue weighted by Gasteiger charge is -2.10. The van der Waals surface area contributed by atoms with E-state index in [-0.39, 0.29) is 5.82 Å². The van der Waals surface area contributed by atoms with E-state index in [1.807, 2.05) is 66.7 Å². The predicted molar refractivity (Wildman–Crippen MR) is 129 cm³/mol. The molecule has 0 unspecified atom stereocenters. The molecule has 0 amide bonds. The highest BCUT2D eigenvalue weighted by atomic mass is 19.1. The molecule has 4 aromatic carbocycles. The minimum atomic E-state index is -0.146. The summed E-state index contributed by atoms with van der Waals surface area (Å²) in [7, 11) is 1.66. The minimum Gasteiger partial charge on any atom is -0.497 e. The SMILES string of the molecule is CCCCCCc1ccc2c(F)c(-c3ccc(-c4ccc(OC)cc4)cc3)ccc2c1. The van der Waals surface area contributed by atoms with Gasteiger partial charge in [0.15, 0.2) is 0 Å². The van der Waals surface area contributed by atoms with Crippen molar-refractivity contribution < 1.29 is 9.13 Å². The lowest BCUT2D eigenvalue weighted by molar-refractivity contribution is 0.415. The molecule has 0 aliphatic carbocycles. The van der Waals surface area contributed by atoms with E-state index in [4.69, 9.17) is 4.74 Å². The number of halogens is 1. The molecule has 0 fully saturated rings. The van der Waals surface area contributed by atoms with Gasteiger partial charge in [0, 0.05) is 10.9 Å². The summed E-state index contributed by atoms with van der Waals surface area (Å²) in [6, 6.07) is 26.1. The highest BCUT2D eigenvalue weighted by Gasteiger charge is 2.10. The van der Waals surface area contributed by atoms with Crippen LogP contribution in [0.4, 0.5) is 4.39 Å². The van der Waals surface area contributed by atoms with Crippen LogP contribution in [-0.2, 0) is 6.42 Å².